The van der Waals surface area contributed by atoms with E-state index in [0.717, 1.165) is 5.56 Å². The van der Waals surface area contributed by atoms with Gasteiger partial charge in [-0.2, -0.15) is 0 Å². The first-order chi connectivity index (χ1) is 13.6. The molecule has 0 saturated heterocycles. The van der Waals surface area contributed by atoms with Crippen LogP contribution in [0.1, 0.15) is 16.1 Å². The molecule has 0 fully saturated rings. The van der Waals surface area contributed by atoms with Crippen molar-refractivity contribution in [3.05, 3.63) is 77.9 Å². The third-order valence-corrected chi connectivity index (χ3v) is 4.05. The van der Waals surface area contributed by atoms with Crippen LogP contribution in [0.4, 0.5) is 15.8 Å². The quantitative estimate of drug-likeness (QED) is 0.649. The van der Waals surface area contributed by atoms with E-state index in [1.165, 1.54) is 12.3 Å². The van der Waals surface area contributed by atoms with E-state index in [1.807, 2.05) is 6.07 Å². The number of amides is 1. The largest absolute Gasteiger partial charge is 0.493 e. The Labute approximate surface area is 162 Å². The second-order valence-electron chi connectivity index (χ2n) is 5.91. The van der Waals surface area contributed by atoms with Crippen molar-refractivity contribution < 1.29 is 18.7 Å². The predicted octanol–water partition coefficient (Wildman–Crippen LogP) is 3.91. The van der Waals surface area contributed by atoms with Gasteiger partial charge in [-0.05, 0) is 42.0 Å². The summed E-state index contributed by atoms with van der Waals surface area (Å²) in [6.45, 7) is 0.297. The topological polar surface area (TPSA) is 72.5 Å². The highest BCUT2D eigenvalue weighted by Crippen LogP contribution is 2.27. The molecule has 3 rings (SSSR count). The number of para-hydroxylation sites is 1. The predicted molar refractivity (Wildman–Crippen MR) is 105 cm³/mol. The zero-order valence-corrected chi connectivity index (χ0v) is 15.5. The Balaban J connectivity index is 1.67. The first kappa shape index (κ1) is 19.2. The molecule has 7 heteroatoms. The number of nitrogens with zero attached hydrogens (tertiary/aromatic N) is 1. The number of nitrogens with one attached hydrogen (secondary N) is 2. The van der Waals surface area contributed by atoms with Crippen molar-refractivity contribution in [3.63, 3.8) is 0 Å². The molecule has 2 aromatic carbocycles. The van der Waals surface area contributed by atoms with Gasteiger partial charge >= 0.3 is 0 Å². The number of pyridine rings is 1. The van der Waals surface area contributed by atoms with Crippen LogP contribution in [0.3, 0.4) is 0 Å². The maximum absolute atomic E-state index is 13.8. The lowest BCUT2D eigenvalue weighted by atomic mass is 10.2. The molecule has 1 heterocycles. The van der Waals surface area contributed by atoms with E-state index < -0.39 is 0 Å². The number of anilines is 2. The van der Waals surface area contributed by atoms with E-state index in [0.29, 0.717) is 29.4 Å². The lowest BCUT2D eigenvalue weighted by Gasteiger charge is -2.11. The van der Waals surface area contributed by atoms with Gasteiger partial charge in [0.05, 0.1) is 19.9 Å². The van der Waals surface area contributed by atoms with Crippen molar-refractivity contribution in [1.82, 2.24) is 10.3 Å². The van der Waals surface area contributed by atoms with Gasteiger partial charge in [-0.3, -0.25) is 9.78 Å². The Hall–Kier alpha value is -3.61. The summed E-state index contributed by atoms with van der Waals surface area (Å²) >= 11 is 0. The second kappa shape index (κ2) is 8.85. The van der Waals surface area contributed by atoms with Crippen molar-refractivity contribution in [2.24, 2.45) is 0 Å². The standard InChI is InChI=1S/C21H20FN3O3/c1-27-19-8-7-14(11-20(19)28-2)13-24-21(26)18-12-15(9-10-23-18)25-17-6-4-3-5-16(17)22/h3-12H,13H2,1-2H3,(H,23,25)(H,24,26). The molecule has 0 aliphatic rings. The van der Waals surface area contributed by atoms with E-state index in [2.05, 4.69) is 15.6 Å². The first-order valence-electron chi connectivity index (χ1n) is 8.57. The van der Waals surface area contributed by atoms with Gasteiger partial charge in [0.25, 0.3) is 5.91 Å². The number of carbonyl (C=O) groups is 1. The molecular formula is C21H20FN3O3. The fourth-order valence-electron chi connectivity index (χ4n) is 2.61. The number of halogens is 1. The van der Waals surface area contributed by atoms with Gasteiger partial charge in [0.1, 0.15) is 11.5 Å². The maximum Gasteiger partial charge on any atom is 0.270 e. The molecule has 6 nitrogen and oxygen atoms in total. The molecule has 1 aromatic heterocycles. The third kappa shape index (κ3) is 4.56. The van der Waals surface area contributed by atoms with E-state index in [4.69, 9.17) is 9.47 Å². The molecule has 0 aliphatic heterocycles. The fourth-order valence-corrected chi connectivity index (χ4v) is 2.61. The monoisotopic (exact) mass is 381 g/mol. The Kier molecular flexibility index (Phi) is 6.06. The number of hydrogen-bond donors (Lipinski definition) is 2. The van der Waals surface area contributed by atoms with Crippen LogP contribution in [0.25, 0.3) is 0 Å². The molecule has 2 N–H and O–H groups in total. The van der Waals surface area contributed by atoms with Crippen LogP contribution in [0, 0.1) is 5.82 Å². The summed E-state index contributed by atoms with van der Waals surface area (Å²) < 4.78 is 24.2. The summed E-state index contributed by atoms with van der Waals surface area (Å²) in [6.07, 6.45) is 1.49. The van der Waals surface area contributed by atoms with Crippen LogP contribution in [-0.2, 0) is 6.54 Å². The van der Waals surface area contributed by atoms with Crippen molar-refractivity contribution in [2.75, 3.05) is 19.5 Å². The summed E-state index contributed by atoms with van der Waals surface area (Å²) in [5.74, 6) is 0.486. The SMILES string of the molecule is COc1ccc(CNC(=O)c2cc(Nc3ccccc3F)ccn2)cc1OC. The summed E-state index contributed by atoms with van der Waals surface area (Å²) in [5.41, 5.74) is 1.97. The number of aromatic nitrogens is 1. The summed E-state index contributed by atoms with van der Waals surface area (Å²) in [6, 6.07) is 15.0. The third-order valence-electron chi connectivity index (χ3n) is 4.05. The number of ether oxygens (including phenoxy) is 2. The lowest BCUT2D eigenvalue weighted by Crippen LogP contribution is -2.23. The van der Waals surface area contributed by atoms with Crippen molar-refractivity contribution in [3.8, 4) is 11.5 Å². The lowest BCUT2D eigenvalue weighted by molar-refractivity contribution is 0.0946. The van der Waals surface area contributed by atoms with Gasteiger partial charge in [-0.15, -0.1) is 0 Å². The molecule has 0 aliphatic carbocycles. The minimum absolute atomic E-state index is 0.224. The molecule has 1 amide bonds. The molecule has 144 valence electrons. The zero-order chi connectivity index (χ0) is 19.9. The van der Waals surface area contributed by atoms with E-state index >= 15 is 0 Å². The number of benzene rings is 2. The van der Waals surface area contributed by atoms with Gasteiger partial charge in [0.15, 0.2) is 11.5 Å². The molecule has 0 spiro atoms. The van der Waals surface area contributed by atoms with Crippen LogP contribution >= 0.6 is 0 Å². The summed E-state index contributed by atoms with van der Waals surface area (Å²) in [4.78, 5) is 16.5. The van der Waals surface area contributed by atoms with Gasteiger partial charge < -0.3 is 20.1 Å². The van der Waals surface area contributed by atoms with Gasteiger partial charge in [-0.1, -0.05) is 18.2 Å². The highest BCUT2D eigenvalue weighted by Gasteiger charge is 2.10. The van der Waals surface area contributed by atoms with Crippen molar-refractivity contribution >= 4 is 17.3 Å². The Morgan fingerprint density at radius 1 is 1.04 bits per heavy atom. The van der Waals surface area contributed by atoms with Gasteiger partial charge in [-0.25, -0.2) is 4.39 Å². The van der Waals surface area contributed by atoms with Crippen LogP contribution in [0.2, 0.25) is 0 Å². The number of rotatable bonds is 7. The minimum Gasteiger partial charge on any atom is -0.493 e. The Morgan fingerprint density at radius 3 is 2.57 bits per heavy atom. The normalized spacial score (nSPS) is 10.2. The first-order valence-corrected chi connectivity index (χ1v) is 8.57. The number of methoxy groups -OCH3 is 2. The van der Waals surface area contributed by atoms with Crippen molar-refractivity contribution in [1.29, 1.82) is 0 Å². The molecule has 0 unspecified atom stereocenters. The minimum atomic E-state index is -0.376. The Bertz CT molecular complexity index is 979. The van der Waals surface area contributed by atoms with Crippen LogP contribution in [0.15, 0.2) is 60.8 Å². The number of hydrogen-bond acceptors (Lipinski definition) is 5. The number of carbonyl (C=O) groups excluding carboxylic acids is 1. The molecule has 0 bridgehead atoms. The zero-order valence-electron chi connectivity index (χ0n) is 15.5. The molecule has 0 radical (unpaired) electrons. The second-order valence-corrected chi connectivity index (χ2v) is 5.91. The van der Waals surface area contributed by atoms with Crippen LogP contribution < -0.4 is 20.1 Å². The van der Waals surface area contributed by atoms with Gasteiger partial charge in [0.2, 0.25) is 0 Å². The average Bonchev–Trinajstić information content (AvgIpc) is 2.73. The van der Waals surface area contributed by atoms with E-state index in [1.54, 1.807) is 56.7 Å². The fraction of sp³-hybridized carbons (Fsp3) is 0.143. The maximum atomic E-state index is 13.8. The summed E-state index contributed by atoms with van der Waals surface area (Å²) in [7, 11) is 3.12. The molecule has 3 aromatic rings. The van der Waals surface area contributed by atoms with Crippen LogP contribution in [0.5, 0.6) is 11.5 Å². The van der Waals surface area contributed by atoms with Crippen LogP contribution in [-0.4, -0.2) is 25.1 Å². The van der Waals surface area contributed by atoms with E-state index in [9.17, 15) is 9.18 Å². The average molecular weight is 381 g/mol. The summed E-state index contributed by atoms with van der Waals surface area (Å²) in [5, 5.41) is 5.75. The van der Waals surface area contributed by atoms with Gasteiger partial charge in [0, 0.05) is 18.4 Å². The Morgan fingerprint density at radius 2 is 1.82 bits per heavy atom. The highest BCUT2D eigenvalue weighted by molar-refractivity contribution is 5.93. The molecule has 28 heavy (non-hydrogen) atoms. The van der Waals surface area contributed by atoms with E-state index in [-0.39, 0.29) is 17.4 Å². The molecule has 0 saturated carbocycles. The smallest absolute Gasteiger partial charge is 0.270 e. The molecular weight excluding hydrogens is 361 g/mol. The highest BCUT2D eigenvalue weighted by atomic mass is 19.1. The molecule has 0 atom stereocenters. The van der Waals surface area contributed by atoms with Crippen molar-refractivity contribution in [2.45, 2.75) is 6.54 Å².